The van der Waals surface area contributed by atoms with Crippen LogP contribution in [0.25, 0.3) is 0 Å². The molecule has 0 fully saturated rings. The van der Waals surface area contributed by atoms with Gasteiger partial charge in [0.05, 0.1) is 0 Å². The van der Waals surface area contributed by atoms with Gasteiger partial charge in [-0.15, -0.1) is 0 Å². The van der Waals surface area contributed by atoms with Crippen LogP contribution in [0.3, 0.4) is 0 Å². The Morgan fingerprint density at radius 3 is 2.29 bits per heavy atom. The van der Waals surface area contributed by atoms with Crippen LogP contribution in [0.2, 0.25) is 14.8 Å². The molecule has 0 bridgehead atoms. The molecule has 0 aromatic heterocycles. The fraction of sp³-hybridized carbons (Fsp3) is 0.538. The first-order valence-corrected chi connectivity index (χ1v) is 15.6. The van der Waals surface area contributed by atoms with Gasteiger partial charge in [-0.05, 0) is 0 Å². The fourth-order valence-electron chi connectivity index (χ4n) is 1.84. The van der Waals surface area contributed by atoms with Crippen molar-refractivity contribution in [2.24, 2.45) is 0 Å². The minimum atomic E-state index is -1.85. The average molecular weight is 297 g/mol. The topological polar surface area (TPSA) is 0 Å². The van der Waals surface area contributed by atoms with E-state index in [1.807, 2.05) is 0 Å². The van der Waals surface area contributed by atoms with Crippen molar-refractivity contribution in [2.45, 2.75) is 41.0 Å². The Bertz CT molecular complexity index is 284. The molecule has 1 rings (SSSR count). The maximum absolute atomic E-state index is 2.50. The van der Waals surface area contributed by atoms with E-state index < -0.39 is 18.4 Å². The quantitative estimate of drug-likeness (QED) is 0.745. The van der Waals surface area contributed by atoms with Crippen LogP contribution >= 0.6 is 0 Å². The molecule has 0 heterocycles. The Morgan fingerprint density at radius 1 is 1.07 bits per heavy atom. The molecule has 0 aliphatic heterocycles. The molecule has 1 heteroatoms. The summed E-state index contributed by atoms with van der Waals surface area (Å²) in [5, 5.41) is 0. The normalized spacial score (nSPS) is 11.7. The second-order valence-corrected chi connectivity index (χ2v) is 19.4. The summed E-state index contributed by atoms with van der Waals surface area (Å²) >= 11 is -1.85. The Hall–Kier alpha value is 0.0187. The molecule has 14 heavy (non-hydrogen) atoms. The molecule has 0 saturated heterocycles. The van der Waals surface area contributed by atoms with Gasteiger partial charge in [0.1, 0.15) is 0 Å². The standard InChI is InChI=1S/C10H13.3CH3.Sn/c1-2-3-7-10-8-5-4-6-9-10;;;;/h4-6,8H,2-3,7H2,1H3;3*1H3;. The van der Waals surface area contributed by atoms with Crippen LogP contribution in [0.1, 0.15) is 25.3 Å². The SMILES string of the molecule is CCCCc1cccc[c]1[Sn]([CH3])([CH3])[CH3]. The molecule has 0 aliphatic carbocycles. The Balaban J connectivity index is 2.92. The molecule has 0 nitrogen and oxygen atoms in total. The molecular weight excluding hydrogens is 275 g/mol. The third-order valence-electron chi connectivity index (χ3n) is 2.63. The Labute approximate surface area is 92.6 Å². The minimum absolute atomic E-state index is 1.28. The van der Waals surface area contributed by atoms with E-state index >= 15 is 0 Å². The van der Waals surface area contributed by atoms with Gasteiger partial charge in [-0.25, -0.2) is 0 Å². The van der Waals surface area contributed by atoms with Crippen molar-refractivity contribution >= 4 is 22.0 Å². The van der Waals surface area contributed by atoms with Crippen LogP contribution in [0.4, 0.5) is 0 Å². The molecule has 78 valence electrons. The van der Waals surface area contributed by atoms with E-state index in [2.05, 4.69) is 46.0 Å². The second kappa shape index (κ2) is 5.20. The maximum atomic E-state index is 2.50. The predicted octanol–water partition coefficient (Wildman–Crippen LogP) is 3.57. The molecule has 0 aliphatic rings. The van der Waals surface area contributed by atoms with E-state index in [1.54, 1.807) is 9.14 Å². The first-order valence-electron chi connectivity index (χ1n) is 5.64. The molecule has 0 spiro atoms. The monoisotopic (exact) mass is 298 g/mol. The molecule has 0 unspecified atom stereocenters. The summed E-state index contributed by atoms with van der Waals surface area (Å²) in [5.74, 6) is 0. The van der Waals surface area contributed by atoms with Gasteiger partial charge in [0.25, 0.3) is 0 Å². The number of hydrogen-bond acceptors (Lipinski definition) is 0. The van der Waals surface area contributed by atoms with Crippen LogP contribution in [0.15, 0.2) is 24.3 Å². The van der Waals surface area contributed by atoms with Gasteiger partial charge >= 0.3 is 92.8 Å². The first-order chi connectivity index (χ1) is 6.55. The van der Waals surface area contributed by atoms with E-state index in [1.165, 1.54) is 19.3 Å². The summed E-state index contributed by atoms with van der Waals surface area (Å²) in [5.41, 5.74) is 1.62. The molecular formula is C13H22Sn. The van der Waals surface area contributed by atoms with E-state index in [4.69, 9.17) is 0 Å². The molecule has 0 amide bonds. The van der Waals surface area contributed by atoms with Gasteiger partial charge in [-0.1, -0.05) is 0 Å². The van der Waals surface area contributed by atoms with Gasteiger partial charge in [-0.3, -0.25) is 0 Å². The molecule has 0 N–H and O–H groups in total. The number of hydrogen-bond donors (Lipinski definition) is 0. The first kappa shape index (κ1) is 12.1. The third-order valence-corrected chi connectivity index (χ3v) is 8.63. The Morgan fingerprint density at radius 2 is 1.71 bits per heavy atom. The number of benzene rings is 1. The number of rotatable bonds is 4. The van der Waals surface area contributed by atoms with Gasteiger partial charge < -0.3 is 0 Å². The average Bonchev–Trinajstić information content (AvgIpc) is 2.14. The van der Waals surface area contributed by atoms with Crippen LogP contribution in [-0.4, -0.2) is 18.4 Å². The zero-order chi connectivity index (χ0) is 10.6. The van der Waals surface area contributed by atoms with Crippen LogP contribution < -0.4 is 3.58 Å². The van der Waals surface area contributed by atoms with Crippen molar-refractivity contribution in [2.75, 3.05) is 0 Å². The van der Waals surface area contributed by atoms with Crippen LogP contribution in [0, 0.1) is 0 Å². The molecule has 0 saturated carbocycles. The number of unbranched alkanes of at least 4 members (excludes halogenated alkanes) is 1. The van der Waals surface area contributed by atoms with Crippen LogP contribution in [0.5, 0.6) is 0 Å². The number of aryl methyl sites for hydroxylation is 1. The summed E-state index contributed by atoms with van der Waals surface area (Å²) in [6.45, 7) is 2.27. The van der Waals surface area contributed by atoms with Crippen molar-refractivity contribution in [3.8, 4) is 0 Å². The molecule has 1 aromatic rings. The van der Waals surface area contributed by atoms with Crippen molar-refractivity contribution in [1.82, 2.24) is 0 Å². The molecule has 0 atom stereocenters. The van der Waals surface area contributed by atoms with E-state index in [-0.39, 0.29) is 0 Å². The van der Waals surface area contributed by atoms with Crippen molar-refractivity contribution < 1.29 is 0 Å². The zero-order valence-electron chi connectivity index (χ0n) is 9.93. The van der Waals surface area contributed by atoms with Gasteiger partial charge in [0.15, 0.2) is 0 Å². The van der Waals surface area contributed by atoms with E-state index in [9.17, 15) is 0 Å². The predicted molar refractivity (Wildman–Crippen MR) is 68.0 cm³/mol. The van der Waals surface area contributed by atoms with E-state index in [0.29, 0.717) is 0 Å². The van der Waals surface area contributed by atoms with Gasteiger partial charge in [-0.2, -0.15) is 0 Å². The Kier molecular flexibility index (Phi) is 4.49. The fourth-order valence-corrected chi connectivity index (χ4v) is 6.88. The van der Waals surface area contributed by atoms with Crippen molar-refractivity contribution in [3.63, 3.8) is 0 Å². The van der Waals surface area contributed by atoms with Crippen molar-refractivity contribution in [3.05, 3.63) is 29.8 Å². The molecule has 0 radical (unpaired) electrons. The van der Waals surface area contributed by atoms with Crippen molar-refractivity contribution in [1.29, 1.82) is 0 Å². The third kappa shape index (κ3) is 3.30. The summed E-state index contributed by atoms with van der Waals surface area (Å²) in [7, 11) is 0. The van der Waals surface area contributed by atoms with Gasteiger partial charge in [0, 0.05) is 0 Å². The zero-order valence-corrected chi connectivity index (χ0v) is 12.8. The summed E-state index contributed by atoms with van der Waals surface area (Å²) < 4.78 is 1.72. The summed E-state index contributed by atoms with van der Waals surface area (Å²) in [6.07, 6.45) is 3.91. The van der Waals surface area contributed by atoms with Crippen LogP contribution in [-0.2, 0) is 6.42 Å². The van der Waals surface area contributed by atoms with Gasteiger partial charge in [0.2, 0.25) is 0 Å². The van der Waals surface area contributed by atoms with E-state index in [0.717, 1.165) is 0 Å². The molecule has 1 aromatic carbocycles. The summed E-state index contributed by atoms with van der Waals surface area (Å²) in [6, 6.07) is 9.08. The second-order valence-electron chi connectivity index (χ2n) is 5.01. The summed E-state index contributed by atoms with van der Waals surface area (Å²) in [4.78, 5) is 7.50.